The van der Waals surface area contributed by atoms with Gasteiger partial charge < -0.3 is 14.4 Å². The van der Waals surface area contributed by atoms with Crippen LogP contribution in [0.3, 0.4) is 0 Å². The Morgan fingerprint density at radius 2 is 1.61 bits per heavy atom. The number of Topliss-reactive ketones (excluding diaryl/α,β-unsaturated/α-hetero) is 1. The predicted octanol–water partition coefficient (Wildman–Crippen LogP) is 5.55. The van der Waals surface area contributed by atoms with E-state index in [1.165, 1.54) is 29.2 Å². The van der Waals surface area contributed by atoms with Crippen molar-refractivity contribution in [3.63, 3.8) is 0 Å². The number of carbonyl (C=O) groups excluding carboxylic acids is 3. The maximum absolute atomic E-state index is 13.0. The third-order valence-electron chi connectivity index (χ3n) is 6.10. The molecule has 0 radical (unpaired) electrons. The zero-order chi connectivity index (χ0) is 25.1. The van der Waals surface area contributed by atoms with Gasteiger partial charge in [-0.15, -0.1) is 0 Å². The molecule has 36 heavy (non-hydrogen) atoms. The van der Waals surface area contributed by atoms with Gasteiger partial charge in [0.1, 0.15) is 17.3 Å². The summed E-state index contributed by atoms with van der Waals surface area (Å²) in [4.78, 5) is 38.8. The van der Waals surface area contributed by atoms with Crippen molar-refractivity contribution in [2.24, 2.45) is 5.92 Å². The number of anilines is 1. The summed E-state index contributed by atoms with van der Waals surface area (Å²) in [6.45, 7) is -0.304. The molecule has 1 heterocycles. The fraction of sp³-hybridized carbons (Fsp3) is 0.138. The average molecular weight is 483 g/mol. The summed E-state index contributed by atoms with van der Waals surface area (Å²) in [6, 6.07) is 25.9. The molecular weight excluding hydrogens is 461 g/mol. The molecule has 180 valence electrons. The Morgan fingerprint density at radius 1 is 0.889 bits per heavy atom. The van der Waals surface area contributed by atoms with Crippen molar-refractivity contribution < 1.29 is 28.2 Å². The number of halogens is 1. The van der Waals surface area contributed by atoms with E-state index in [1.54, 1.807) is 24.3 Å². The van der Waals surface area contributed by atoms with Gasteiger partial charge >= 0.3 is 5.97 Å². The van der Waals surface area contributed by atoms with Crippen LogP contribution in [0.4, 0.5) is 10.1 Å². The molecule has 1 aliphatic heterocycles. The van der Waals surface area contributed by atoms with Crippen LogP contribution in [0.2, 0.25) is 0 Å². The van der Waals surface area contributed by atoms with Crippen LogP contribution < -0.4 is 9.64 Å². The molecule has 0 aliphatic carbocycles. The average Bonchev–Trinajstić information content (AvgIpc) is 3.30. The highest BCUT2D eigenvalue weighted by Gasteiger charge is 2.36. The SMILES string of the molecule is O=C(COC(=O)[C@@H]1CC(=O)N(c2ccc(Oc3cccc4ccccc34)cc2)C1)c1ccc(F)cc1. The fourth-order valence-corrected chi connectivity index (χ4v) is 4.19. The highest BCUT2D eigenvalue weighted by Crippen LogP contribution is 2.32. The number of ether oxygens (including phenoxy) is 2. The third-order valence-corrected chi connectivity index (χ3v) is 6.10. The lowest BCUT2D eigenvalue weighted by atomic mass is 10.1. The minimum Gasteiger partial charge on any atom is -0.457 e. The van der Waals surface area contributed by atoms with E-state index < -0.39 is 30.1 Å². The lowest BCUT2D eigenvalue weighted by Crippen LogP contribution is -2.27. The number of ketones is 1. The summed E-state index contributed by atoms with van der Waals surface area (Å²) in [5.41, 5.74) is 0.891. The van der Waals surface area contributed by atoms with E-state index in [-0.39, 0.29) is 24.4 Å². The van der Waals surface area contributed by atoms with E-state index in [4.69, 9.17) is 9.47 Å². The number of hydrogen-bond donors (Lipinski definition) is 0. The zero-order valence-corrected chi connectivity index (χ0v) is 19.2. The molecule has 0 aromatic heterocycles. The van der Waals surface area contributed by atoms with Gasteiger partial charge in [-0.05, 0) is 60.0 Å². The second-order valence-corrected chi connectivity index (χ2v) is 8.52. The van der Waals surface area contributed by atoms with Crippen LogP contribution in [-0.4, -0.2) is 30.8 Å². The number of rotatable bonds is 7. The van der Waals surface area contributed by atoms with Crippen LogP contribution in [0, 0.1) is 11.7 Å². The van der Waals surface area contributed by atoms with Gasteiger partial charge in [0.05, 0.1) is 5.92 Å². The van der Waals surface area contributed by atoms with Gasteiger partial charge in [-0.25, -0.2) is 4.39 Å². The topological polar surface area (TPSA) is 72.9 Å². The summed E-state index contributed by atoms with van der Waals surface area (Å²) >= 11 is 0. The minimum atomic E-state index is -0.676. The van der Waals surface area contributed by atoms with Crippen LogP contribution in [0.15, 0.2) is 91.0 Å². The molecule has 6 nitrogen and oxygen atoms in total. The van der Waals surface area contributed by atoms with Gasteiger partial charge in [0.2, 0.25) is 5.91 Å². The van der Waals surface area contributed by atoms with E-state index in [0.29, 0.717) is 11.4 Å². The first-order valence-electron chi connectivity index (χ1n) is 11.5. The molecule has 0 unspecified atom stereocenters. The molecule has 0 spiro atoms. The summed E-state index contributed by atoms with van der Waals surface area (Å²) < 4.78 is 24.2. The minimum absolute atomic E-state index is 0.00215. The van der Waals surface area contributed by atoms with E-state index in [0.717, 1.165) is 16.5 Å². The molecule has 4 aromatic rings. The molecule has 7 heteroatoms. The van der Waals surface area contributed by atoms with E-state index in [2.05, 4.69) is 0 Å². The lowest BCUT2D eigenvalue weighted by Gasteiger charge is -2.17. The second-order valence-electron chi connectivity index (χ2n) is 8.52. The molecule has 0 saturated carbocycles. The van der Waals surface area contributed by atoms with Crippen LogP contribution in [0.25, 0.3) is 10.8 Å². The Bertz CT molecular complexity index is 1430. The summed E-state index contributed by atoms with van der Waals surface area (Å²) in [5.74, 6) is -1.03. The fourth-order valence-electron chi connectivity index (χ4n) is 4.19. The number of fused-ring (bicyclic) bond motifs is 1. The van der Waals surface area contributed by atoms with E-state index in [9.17, 15) is 18.8 Å². The van der Waals surface area contributed by atoms with Crippen molar-refractivity contribution in [2.45, 2.75) is 6.42 Å². The number of carbonyl (C=O) groups is 3. The van der Waals surface area contributed by atoms with E-state index >= 15 is 0 Å². The highest BCUT2D eigenvalue weighted by atomic mass is 19.1. The normalized spacial score (nSPS) is 15.2. The molecule has 0 N–H and O–H groups in total. The van der Waals surface area contributed by atoms with Gasteiger partial charge in [-0.2, -0.15) is 0 Å². The van der Waals surface area contributed by atoms with Crippen molar-refractivity contribution in [3.8, 4) is 11.5 Å². The van der Waals surface area contributed by atoms with Crippen LogP contribution in [0.5, 0.6) is 11.5 Å². The molecule has 4 aromatic carbocycles. The van der Waals surface area contributed by atoms with Crippen molar-refractivity contribution in [3.05, 3.63) is 102 Å². The van der Waals surface area contributed by atoms with Gasteiger partial charge in [0.15, 0.2) is 12.4 Å². The Balaban J connectivity index is 1.20. The monoisotopic (exact) mass is 483 g/mol. The molecule has 1 amide bonds. The Labute approximate surface area is 206 Å². The quantitative estimate of drug-likeness (QED) is 0.255. The number of nitrogens with zero attached hydrogens (tertiary/aromatic N) is 1. The lowest BCUT2D eigenvalue weighted by molar-refractivity contribution is -0.147. The molecule has 1 saturated heterocycles. The van der Waals surface area contributed by atoms with Crippen molar-refractivity contribution >= 4 is 34.1 Å². The zero-order valence-electron chi connectivity index (χ0n) is 19.2. The highest BCUT2D eigenvalue weighted by molar-refractivity contribution is 6.01. The number of esters is 1. The molecule has 1 aliphatic rings. The number of amides is 1. The Hall–Kier alpha value is -4.52. The maximum Gasteiger partial charge on any atom is 0.311 e. The first-order chi connectivity index (χ1) is 17.5. The molecular formula is C29H22FNO5. The van der Waals surface area contributed by atoms with Crippen LogP contribution >= 0.6 is 0 Å². The molecule has 1 atom stereocenters. The van der Waals surface area contributed by atoms with Gasteiger partial charge in [0.25, 0.3) is 0 Å². The van der Waals surface area contributed by atoms with Crippen molar-refractivity contribution in [1.29, 1.82) is 0 Å². The Kier molecular flexibility index (Phi) is 6.45. The van der Waals surface area contributed by atoms with Crippen LogP contribution in [-0.2, 0) is 14.3 Å². The first-order valence-corrected chi connectivity index (χ1v) is 11.5. The summed E-state index contributed by atoms with van der Waals surface area (Å²) in [5, 5.41) is 2.07. The smallest absolute Gasteiger partial charge is 0.311 e. The maximum atomic E-state index is 13.0. The first kappa shape index (κ1) is 23.2. The van der Waals surface area contributed by atoms with E-state index in [1.807, 2.05) is 42.5 Å². The largest absolute Gasteiger partial charge is 0.457 e. The summed E-state index contributed by atoms with van der Waals surface area (Å²) in [6.07, 6.45) is -0.00215. The number of hydrogen-bond acceptors (Lipinski definition) is 5. The van der Waals surface area contributed by atoms with Gasteiger partial charge in [0, 0.05) is 29.6 Å². The Morgan fingerprint density at radius 3 is 2.39 bits per heavy atom. The summed E-state index contributed by atoms with van der Waals surface area (Å²) in [7, 11) is 0. The second kappa shape index (κ2) is 10.00. The third kappa shape index (κ3) is 4.95. The van der Waals surface area contributed by atoms with Gasteiger partial charge in [-0.3, -0.25) is 14.4 Å². The molecule has 5 rings (SSSR count). The number of benzene rings is 4. The van der Waals surface area contributed by atoms with Gasteiger partial charge in [-0.1, -0.05) is 36.4 Å². The molecule has 0 bridgehead atoms. The predicted molar refractivity (Wildman–Crippen MR) is 133 cm³/mol. The van der Waals surface area contributed by atoms with Crippen molar-refractivity contribution in [1.82, 2.24) is 0 Å². The van der Waals surface area contributed by atoms with Crippen LogP contribution in [0.1, 0.15) is 16.8 Å². The van der Waals surface area contributed by atoms with Crippen molar-refractivity contribution in [2.75, 3.05) is 18.1 Å². The molecule has 1 fully saturated rings. The standard InChI is InChI=1S/C29H22FNO5/c30-22-10-8-20(9-11-22)26(32)18-35-29(34)21-16-28(33)31(17-21)23-12-14-24(15-13-23)36-27-7-3-5-19-4-1-2-6-25(19)27/h1-15,21H,16-18H2/t21-/m1/s1.